The lowest BCUT2D eigenvalue weighted by molar-refractivity contribution is -0.112. The van der Waals surface area contributed by atoms with Crippen LogP contribution in [0.4, 0.5) is 5.69 Å². The van der Waals surface area contributed by atoms with Gasteiger partial charge in [-0.05, 0) is 75.6 Å². The number of nitrogens with one attached hydrogen (secondary N) is 1. The van der Waals surface area contributed by atoms with Gasteiger partial charge in [-0.2, -0.15) is 5.26 Å². The SMILES string of the molecule is COc1cc(/C=C(/C#N)C(=O)Nc2cccc(C(=O)O)c2)cc(Br)c1OCc1ccc(Br)cc1. The van der Waals surface area contributed by atoms with Crippen molar-refractivity contribution in [1.82, 2.24) is 0 Å². The fourth-order valence-corrected chi connectivity index (χ4v) is 3.78. The number of benzene rings is 3. The Balaban J connectivity index is 1.81. The Morgan fingerprint density at radius 3 is 2.50 bits per heavy atom. The number of carboxylic acids is 1. The molecule has 0 bridgehead atoms. The van der Waals surface area contributed by atoms with Gasteiger partial charge in [0.2, 0.25) is 0 Å². The van der Waals surface area contributed by atoms with Crippen LogP contribution in [0.3, 0.4) is 0 Å². The minimum atomic E-state index is -1.12. The minimum absolute atomic E-state index is 0.0210. The molecule has 0 atom stereocenters. The van der Waals surface area contributed by atoms with Crippen molar-refractivity contribution >= 4 is 55.5 Å². The van der Waals surface area contributed by atoms with E-state index >= 15 is 0 Å². The number of rotatable bonds is 8. The van der Waals surface area contributed by atoms with Gasteiger partial charge in [0, 0.05) is 10.2 Å². The summed E-state index contributed by atoms with van der Waals surface area (Å²) in [5.41, 5.74) is 1.62. The van der Waals surface area contributed by atoms with Crippen LogP contribution < -0.4 is 14.8 Å². The van der Waals surface area contributed by atoms with E-state index in [4.69, 9.17) is 14.6 Å². The molecular formula is C25H18Br2N2O5. The van der Waals surface area contributed by atoms with Crippen LogP contribution in [-0.2, 0) is 11.4 Å². The maximum atomic E-state index is 12.6. The third kappa shape index (κ3) is 6.47. The van der Waals surface area contributed by atoms with E-state index < -0.39 is 11.9 Å². The van der Waals surface area contributed by atoms with E-state index in [0.717, 1.165) is 10.0 Å². The first-order chi connectivity index (χ1) is 16.3. The first kappa shape index (κ1) is 25.0. The van der Waals surface area contributed by atoms with Gasteiger partial charge in [0.1, 0.15) is 18.2 Å². The smallest absolute Gasteiger partial charge is 0.335 e. The molecule has 3 aromatic carbocycles. The van der Waals surface area contributed by atoms with Crippen molar-refractivity contribution in [3.63, 3.8) is 0 Å². The molecule has 0 fully saturated rings. The van der Waals surface area contributed by atoms with E-state index in [1.165, 1.54) is 37.5 Å². The second kappa shape index (κ2) is 11.5. The number of nitriles is 1. The fraction of sp³-hybridized carbons (Fsp3) is 0.0800. The van der Waals surface area contributed by atoms with Crippen molar-refractivity contribution in [2.45, 2.75) is 6.61 Å². The molecule has 172 valence electrons. The highest BCUT2D eigenvalue weighted by Crippen LogP contribution is 2.38. The molecule has 9 heteroatoms. The minimum Gasteiger partial charge on any atom is -0.493 e. The molecule has 0 saturated heterocycles. The highest BCUT2D eigenvalue weighted by atomic mass is 79.9. The predicted octanol–water partition coefficient (Wildman–Crippen LogP) is 6.04. The van der Waals surface area contributed by atoms with Gasteiger partial charge in [0.05, 0.1) is 17.1 Å². The van der Waals surface area contributed by atoms with Crippen molar-refractivity contribution < 1.29 is 24.2 Å². The van der Waals surface area contributed by atoms with Gasteiger partial charge in [-0.25, -0.2) is 4.79 Å². The zero-order chi connectivity index (χ0) is 24.7. The average molecular weight is 586 g/mol. The number of ether oxygens (including phenoxy) is 2. The summed E-state index contributed by atoms with van der Waals surface area (Å²) in [6, 6.07) is 18.7. The summed E-state index contributed by atoms with van der Waals surface area (Å²) < 4.78 is 12.9. The Hall–Kier alpha value is -3.61. The van der Waals surface area contributed by atoms with Crippen molar-refractivity contribution in [1.29, 1.82) is 5.26 Å². The van der Waals surface area contributed by atoms with Crippen molar-refractivity contribution in [2.75, 3.05) is 12.4 Å². The fourth-order valence-electron chi connectivity index (χ4n) is 2.94. The van der Waals surface area contributed by atoms with Crippen LogP contribution in [-0.4, -0.2) is 24.1 Å². The molecule has 0 heterocycles. The van der Waals surface area contributed by atoms with Crippen LogP contribution in [0.15, 0.2) is 75.2 Å². The molecule has 34 heavy (non-hydrogen) atoms. The average Bonchev–Trinajstić information content (AvgIpc) is 2.82. The van der Waals surface area contributed by atoms with Crippen molar-refractivity contribution in [3.05, 3.63) is 91.9 Å². The first-order valence-corrected chi connectivity index (χ1v) is 11.4. The number of amides is 1. The second-order valence-electron chi connectivity index (χ2n) is 6.96. The Labute approximate surface area is 212 Å². The summed E-state index contributed by atoms with van der Waals surface area (Å²) in [7, 11) is 1.50. The van der Waals surface area contributed by atoms with Crippen LogP contribution in [0.1, 0.15) is 21.5 Å². The maximum Gasteiger partial charge on any atom is 0.335 e. The number of carbonyl (C=O) groups excluding carboxylic acids is 1. The molecule has 0 aliphatic carbocycles. The van der Waals surface area contributed by atoms with Gasteiger partial charge in [-0.1, -0.05) is 34.1 Å². The van der Waals surface area contributed by atoms with Crippen LogP contribution >= 0.6 is 31.9 Å². The highest BCUT2D eigenvalue weighted by Gasteiger charge is 2.15. The molecule has 2 N–H and O–H groups in total. The zero-order valence-electron chi connectivity index (χ0n) is 17.8. The number of carbonyl (C=O) groups is 2. The summed E-state index contributed by atoms with van der Waals surface area (Å²) in [6.07, 6.45) is 1.40. The lowest BCUT2D eigenvalue weighted by atomic mass is 10.1. The normalized spacial score (nSPS) is 10.8. The molecule has 0 saturated carbocycles. The van der Waals surface area contributed by atoms with Gasteiger partial charge < -0.3 is 19.9 Å². The summed E-state index contributed by atoms with van der Waals surface area (Å²) in [4.78, 5) is 23.7. The number of halogens is 2. The summed E-state index contributed by atoms with van der Waals surface area (Å²) in [6.45, 7) is 0.318. The Morgan fingerprint density at radius 2 is 1.85 bits per heavy atom. The molecule has 0 aliphatic heterocycles. The van der Waals surface area contributed by atoms with E-state index in [1.54, 1.807) is 12.1 Å². The maximum absolute atomic E-state index is 12.6. The monoisotopic (exact) mass is 584 g/mol. The van der Waals surface area contributed by atoms with E-state index in [-0.39, 0.29) is 16.8 Å². The first-order valence-electron chi connectivity index (χ1n) is 9.82. The lowest BCUT2D eigenvalue weighted by Crippen LogP contribution is -2.14. The topological polar surface area (TPSA) is 109 Å². The zero-order valence-corrected chi connectivity index (χ0v) is 21.0. The van der Waals surface area contributed by atoms with E-state index in [1.807, 2.05) is 30.3 Å². The van der Waals surface area contributed by atoms with Crippen molar-refractivity contribution in [2.24, 2.45) is 0 Å². The predicted molar refractivity (Wildman–Crippen MR) is 135 cm³/mol. The van der Waals surface area contributed by atoms with E-state index in [9.17, 15) is 14.9 Å². The molecule has 1 amide bonds. The number of methoxy groups -OCH3 is 1. The molecule has 7 nitrogen and oxygen atoms in total. The second-order valence-corrected chi connectivity index (χ2v) is 8.73. The third-order valence-corrected chi connectivity index (χ3v) is 5.71. The molecule has 0 radical (unpaired) electrons. The van der Waals surface area contributed by atoms with Crippen LogP contribution in [0.25, 0.3) is 6.08 Å². The van der Waals surface area contributed by atoms with Gasteiger partial charge in [0.15, 0.2) is 11.5 Å². The third-order valence-electron chi connectivity index (χ3n) is 4.59. The highest BCUT2D eigenvalue weighted by molar-refractivity contribution is 9.10. The Bertz CT molecular complexity index is 1300. The molecule has 3 aromatic rings. The number of hydrogen-bond acceptors (Lipinski definition) is 5. The van der Waals surface area contributed by atoms with E-state index in [0.29, 0.717) is 28.1 Å². The molecule has 0 aliphatic rings. The molecule has 3 rings (SSSR count). The number of nitrogens with zero attached hydrogens (tertiary/aromatic N) is 1. The summed E-state index contributed by atoms with van der Waals surface area (Å²) in [5.74, 6) is -0.886. The van der Waals surface area contributed by atoms with Crippen molar-refractivity contribution in [3.8, 4) is 17.6 Å². The van der Waals surface area contributed by atoms with Gasteiger partial charge in [-0.3, -0.25) is 4.79 Å². The van der Waals surface area contributed by atoms with Crippen LogP contribution in [0, 0.1) is 11.3 Å². The Morgan fingerprint density at radius 1 is 1.12 bits per heavy atom. The molecule has 0 spiro atoms. The summed E-state index contributed by atoms with van der Waals surface area (Å²) >= 11 is 6.87. The number of anilines is 1. The molecular weight excluding hydrogens is 568 g/mol. The number of carboxylic acid groups (broad SMARTS) is 1. The summed E-state index contributed by atoms with van der Waals surface area (Å²) in [5, 5.41) is 21.2. The number of hydrogen-bond donors (Lipinski definition) is 2. The lowest BCUT2D eigenvalue weighted by Gasteiger charge is -2.14. The van der Waals surface area contributed by atoms with Gasteiger partial charge >= 0.3 is 5.97 Å². The van der Waals surface area contributed by atoms with Gasteiger partial charge in [0.25, 0.3) is 5.91 Å². The van der Waals surface area contributed by atoms with Crippen LogP contribution in [0.2, 0.25) is 0 Å². The van der Waals surface area contributed by atoms with E-state index in [2.05, 4.69) is 37.2 Å². The Kier molecular flexibility index (Phi) is 8.46. The van der Waals surface area contributed by atoms with Crippen LogP contribution in [0.5, 0.6) is 11.5 Å². The quantitative estimate of drug-likeness (QED) is 0.246. The molecule has 0 aromatic heterocycles. The standard InChI is InChI=1S/C25H18Br2N2O5/c1-33-22-11-16(10-21(27)23(22)34-14-15-5-7-19(26)8-6-15)9-18(13-28)24(30)29-20-4-2-3-17(12-20)25(31)32/h2-12H,14H2,1H3,(H,29,30)(H,31,32)/b18-9-. The largest absolute Gasteiger partial charge is 0.493 e. The van der Waals surface area contributed by atoms with Gasteiger partial charge in [-0.15, -0.1) is 0 Å². The number of aromatic carboxylic acids is 1. The molecule has 0 unspecified atom stereocenters.